The third-order valence-corrected chi connectivity index (χ3v) is 10.3. The van der Waals surface area contributed by atoms with Gasteiger partial charge in [-0.3, -0.25) is 9.10 Å². The van der Waals surface area contributed by atoms with Crippen molar-refractivity contribution < 1.29 is 26.4 Å². The lowest BCUT2D eigenvalue weighted by Crippen LogP contribution is -2.38. The second-order valence-electron chi connectivity index (χ2n) is 8.83. The predicted molar refractivity (Wildman–Crippen MR) is 149 cm³/mol. The smallest absolute Gasteiger partial charge is 0.264 e. The van der Waals surface area contributed by atoms with Crippen molar-refractivity contribution in [2.45, 2.75) is 29.6 Å². The molecule has 0 bridgehead atoms. The number of halogens is 1. The van der Waals surface area contributed by atoms with Crippen LogP contribution in [0.4, 0.5) is 11.4 Å². The van der Waals surface area contributed by atoms with E-state index in [9.17, 15) is 21.6 Å². The van der Waals surface area contributed by atoms with Crippen molar-refractivity contribution >= 4 is 53.3 Å². The zero-order valence-electron chi connectivity index (χ0n) is 20.9. The molecular formula is C26H28BrN3O6S2. The van der Waals surface area contributed by atoms with E-state index >= 15 is 0 Å². The average molecular weight is 623 g/mol. The number of ether oxygens (including phenoxy) is 1. The molecule has 38 heavy (non-hydrogen) atoms. The minimum atomic E-state index is -4.12. The molecule has 0 aromatic heterocycles. The minimum absolute atomic E-state index is 0.0200. The number of carbonyl (C=O) groups is 1. The molecule has 1 amide bonds. The quantitative estimate of drug-likeness (QED) is 0.379. The molecule has 0 saturated carbocycles. The lowest BCUT2D eigenvalue weighted by atomic mass is 10.2. The van der Waals surface area contributed by atoms with Crippen LogP contribution >= 0.6 is 15.9 Å². The summed E-state index contributed by atoms with van der Waals surface area (Å²) in [4.78, 5) is 13.3. The predicted octanol–water partition coefficient (Wildman–Crippen LogP) is 4.38. The van der Waals surface area contributed by atoms with Crippen LogP contribution < -0.4 is 14.4 Å². The van der Waals surface area contributed by atoms with Crippen molar-refractivity contribution in [2.24, 2.45) is 0 Å². The second kappa shape index (κ2) is 11.4. The molecule has 0 spiro atoms. The van der Waals surface area contributed by atoms with Gasteiger partial charge in [-0.1, -0.05) is 39.7 Å². The molecule has 0 aliphatic carbocycles. The summed E-state index contributed by atoms with van der Waals surface area (Å²) < 4.78 is 61.7. The molecule has 3 aromatic rings. The fourth-order valence-electron chi connectivity index (χ4n) is 4.13. The monoisotopic (exact) mass is 621 g/mol. The highest BCUT2D eigenvalue weighted by molar-refractivity contribution is 9.10. The van der Waals surface area contributed by atoms with Crippen LogP contribution in [-0.2, 0) is 24.8 Å². The minimum Gasteiger partial charge on any atom is -0.495 e. The van der Waals surface area contributed by atoms with Crippen LogP contribution in [-0.4, -0.2) is 53.8 Å². The molecule has 3 aromatic carbocycles. The number of anilines is 2. The molecule has 1 fully saturated rings. The van der Waals surface area contributed by atoms with Crippen LogP contribution in [0, 0.1) is 6.92 Å². The van der Waals surface area contributed by atoms with Crippen molar-refractivity contribution in [1.29, 1.82) is 0 Å². The molecule has 9 nitrogen and oxygen atoms in total. The molecule has 1 aliphatic rings. The van der Waals surface area contributed by atoms with E-state index in [0.29, 0.717) is 17.6 Å². The van der Waals surface area contributed by atoms with E-state index in [1.165, 1.54) is 41.7 Å². The van der Waals surface area contributed by atoms with Gasteiger partial charge in [0, 0.05) is 17.6 Å². The lowest BCUT2D eigenvalue weighted by molar-refractivity contribution is -0.114. The fraction of sp³-hybridized carbons (Fsp3) is 0.269. The number of aryl methyl sites for hydroxylation is 1. The van der Waals surface area contributed by atoms with E-state index in [2.05, 4.69) is 21.2 Å². The largest absolute Gasteiger partial charge is 0.495 e. The number of benzene rings is 3. The fourth-order valence-corrected chi connectivity index (χ4v) is 7.47. The normalized spacial score (nSPS) is 14.3. The van der Waals surface area contributed by atoms with E-state index in [0.717, 1.165) is 22.7 Å². The Bertz CT molecular complexity index is 1540. The average Bonchev–Trinajstić information content (AvgIpc) is 3.43. The van der Waals surface area contributed by atoms with Crippen LogP contribution in [0.3, 0.4) is 0 Å². The number of nitrogens with one attached hydrogen (secondary N) is 1. The number of hydrogen-bond acceptors (Lipinski definition) is 6. The van der Waals surface area contributed by atoms with Gasteiger partial charge < -0.3 is 10.1 Å². The van der Waals surface area contributed by atoms with Crippen LogP contribution in [0.1, 0.15) is 18.4 Å². The van der Waals surface area contributed by atoms with Gasteiger partial charge in [-0.2, -0.15) is 4.31 Å². The SMILES string of the molecule is COc1ccc(S(=O)(=O)N2CCCC2)cc1NC(=O)CN(c1cccc(Br)c1)S(=O)(=O)c1ccc(C)cc1. The van der Waals surface area contributed by atoms with Crippen LogP contribution in [0.2, 0.25) is 0 Å². The maximum Gasteiger partial charge on any atom is 0.264 e. The van der Waals surface area contributed by atoms with E-state index < -0.39 is 32.5 Å². The van der Waals surface area contributed by atoms with Crippen molar-refractivity contribution in [3.05, 3.63) is 76.8 Å². The first kappa shape index (κ1) is 28.1. The van der Waals surface area contributed by atoms with Crippen molar-refractivity contribution in [3.63, 3.8) is 0 Å². The molecule has 1 aliphatic heterocycles. The van der Waals surface area contributed by atoms with Gasteiger partial charge in [0.15, 0.2) is 0 Å². The number of methoxy groups -OCH3 is 1. The highest BCUT2D eigenvalue weighted by atomic mass is 79.9. The Morgan fingerprint density at radius 2 is 1.63 bits per heavy atom. The highest BCUT2D eigenvalue weighted by Crippen LogP contribution is 2.31. The van der Waals surface area contributed by atoms with Crippen molar-refractivity contribution in [3.8, 4) is 5.75 Å². The van der Waals surface area contributed by atoms with Gasteiger partial charge in [-0.15, -0.1) is 0 Å². The summed E-state index contributed by atoms with van der Waals surface area (Å²) in [6, 6.07) is 17.2. The van der Waals surface area contributed by atoms with Crippen molar-refractivity contribution in [1.82, 2.24) is 4.31 Å². The van der Waals surface area contributed by atoms with Crippen LogP contribution in [0.25, 0.3) is 0 Å². The van der Waals surface area contributed by atoms with Gasteiger partial charge >= 0.3 is 0 Å². The first-order valence-electron chi connectivity index (χ1n) is 11.9. The van der Waals surface area contributed by atoms with E-state index in [1.807, 2.05) is 6.92 Å². The topological polar surface area (TPSA) is 113 Å². The van der Waals surface area contributed by atoms with Crippen molar-refractivity contribution in [2.75, 3.05) is 36.4 Å². The highest BCUT2D eigenvalue weighted by Gasteiger charge is 2.30. The summed E-state index contributed by atoms with van der Waals surface area (Å²) in [5.74, 6) is -0.427. The maximum absolute atomic E-state index is 13.6. The number of amides is 1. The van der Waals surface area contributed by atoms with E-state index in [-0.39, 0.29) is 26.9 Å². The third-order valence-electron chi connectivity index (χ3n) is 6.14. The molecule has 12 heteroatoms. The Labute approximate surface area is 231 Å². The Kier molecular flexibility index (Phi) is 8.46. The van der Waals surface area contributed by atoms with Gasteiger partial charge in [-0.05, 0) is 68.3 Å². The van der Waals surface area contributed by atoms with Gasteiger partial charge in [-0.25, -0.2) is 16.8 Å². The number of carbonyl (C=O) groups excluding carboxylic acids is 1. The molecular weight excluding hydrogens is 594 g/mol. The van der Waals surface area contributed by atoms with Gasteiger partial charge in [0.1, 0.15) is 12.3 Å². The van der Waals surface area contributed by atoms with E-state index in [4.69, 9.17) is 4.74 Å². The summed E-state index contributed by atoms with van der Waals surface area (Å²) in [5.41, 5.74) is 1.30. The summed E-state index contributed by atoms with van der Waals surface area (Å²) in [6.45, 7) is 2.17. The standard InChI is InChI=1S/C26H28BrN3O6S2/c1-19-8-10-22(11-9-19)38(34,35)30(21-7-5-6-20(27)16-21)18-26(31)28-24-17-23(12-13-25(24)36-2)37(32,33)29-14-3-4-15-29/h5-13,16-17H,3-4,14-15,18H2,1-2H3,(H,28,31). The van der Waals surface area contributed by atoms with Crippen LogP contribution in [0.5, 0.6) is 5.75 Å². The van der Waals surface area contributed by atoms with Gasteiger partial charge in [0.05, 0.1) is 28.3 Å². The van der Waals surface area contributed by atoms with Gasteiger partial charge in [0.2, 0.25) is 15.9 Å². The molecule has 1 N–H and O–H groups in total. The zero-order chi connectivity index (χ0) is 27.5. The molecule has 0 radical (unpaired) electrons. The second-order valence-corrected chi connectivity index (χ2v) is 13.5. The Morgan fingerprint density at radius 1 is 0.974 bits per heavy atom. The first-order valence-corrected chi connectivity index (χ1v) is 15.5. The zero-order valence-corrected chi connectivity index (χ0v) is 24.1. The Morgan fingerprint density at radius 3 is 2.26 bits per heavy atom. The van der Waals surface area contributed by atoms with Gasteiger partial charge in [0.25, 0.3) is 10.0 Å². The first-order chi connectivity index (χ1) is 18.0. The molecule has 0 unspecified atom stereocenters. The maximum atomic E-state index is 13.6. The number of hydrogen-bond donors (Lipinski definition) is 1. The lowest BCUT2D eigenvalue weighted by Gasteiger charge is -2.24. The summed E-state index contributed by atoms with van der Waals surface area (Å²) in [6.07, 6.45) is 1.58. The molecule has 4 rings (SSSR count). The summed E-state index contributed by atoms with van der Waals surface area (Å²) in [7, 11) is -6.46. The third kappa shape index (κ3) is 6.04. The Balaban J connectivity index is 1.66. The summed E-state index contributed by atoms with van der Waals surface area (Å²) >= 11 is 3.36. The molecule has 1 saturated heterocycles. The molecule has 1 heterocycles. The summed E-state index contributed by atoms with van der Waals surface area (Å²) in [5, 5.41) is 2.65. The number of nitrogens with zero attached hydrogens (tertiary/aromatic N) is 2. The van der Waals surface area contributed by atoms with Crippen LogP contribution in [0.15, 0.2) is 81.0 Å². The number of rotatable bonds is 9. The molecule has 0 atom stereocenters. The molecule has 202 valence electrons. The Hall–Kier alpha value is -2.93. The number of sulfonamides is 2. The van der Waals surface area contributed by atoms with E-state index in [1.54, 1.807) is 36.4 Å².